The number of alkyl halides is 1. The predicted octanol–water partition coefficient (Wildman–Crippen LogP) is 2.52. The molecule has 2 aromatic carbocycles. The summed E-state index contributed by atoms with van der Waals surface area (Å²) in [5, 5.41) is 38.0. The lowest BCUT2D eigenvalue weighted by molar-refractivity contribution is 0.0796. The highest BCUT2D eigenvalue weighted by Gasteiger charge is 2.33. The van der Waals surface area contributed by atoms with Crippen molar-refractivity contribution in [3.05, 3.63) is 41.5 Å². The fourth-order valence-corrected chi connectivity index (χ4v) is 2.43. The van der Waals surface area contributed by atoms with Crippen molar-refractivity contribution in [1.82, 2.24) is 0 Å². The van der Waals surface area contributed by atoms with Crippen molar-refractivity contribution in [2.45, 2.75) is 18.7 Å². The number of benzene rings is 2. The van der Waals surface area contributed by atoms with E-state index in [1.807, 2.05) is 0 Å². The lowest BCUT2D eigenvalue weighted by atomic mass is 9.95. The van der Waals surface area contributed by atoms with E-state index in [-0.39, 0.29) is 35.2 Å². The molecular formula is C15H13FO5. The lowest BCUT2D eigenvalue weighted by Gasteiger charge is -2.30. The first kappa shape index (κ1) is 13.4. The molecule has 1 aliphatic heterocycles. The largest absolute Gasteiger partial charge is 0.508 e. The number of rotatable bonds is 1. The van der Waals surface area contributed by atoms with Gasteiger partial charge in [0.25, 0.3) is 0 Å². The van der Waals surface area contributed by atoms with E-state index < -0.39 is 12.3 Å². The Morgan fingerprint density at radius 2 is 1.71 bits per heavy atom. The van der Waals surface area contributed by atoms with Gasteiger partial charge in [-0.15, -0.1) is 0 Å². The third kappa shape index (κ3) is 2.29. The van der Waals surface area contributed by atoms with E-state index in [2.05, 4.69) is 0 Å². The molecule has 1 aliphatic rings. The first-order valence-corrected chi connectivity index (χ1v) is 6.33. The predicted molar refractivity (Wildman–Crippen MR) is 71.5 cm³/mol. The minimum Gasteiger partial charge on any atom is -0.508 e. The minimum atomic E-state index is -1.43. The molecule has 5 nitrogen and oxygen atoms in total. The summed E-state index contributed by atoms with van der Waals surface area (Å²) < 4.78 is 19.8. The first-order chi connectivity index (χ1) is 9.95. The van der Waals surface area contributed by atoms with E-state index in [0.29, 0.717) is 11.1 Å². The molecule has 0 spiro atoms. The average Bonchev–Trinajstić information content (AvgIpc) is 2.42. The molecule has 1 heterocycles. The van der Waals surface area contributed by atoms with E-state index >= 15 is 0 Å². The van der Waals surface area contributed by atoms with Crippen molar-refractivity contribution in [1.29, 1.82) is 0 Å². The Bertz CT molecular complexity index is 701. The molecule has 0 aromatic heterocycles. The maximum Gasteiger partial charge on any atom is 0.157 e. The van der Waals surface area contributed by atoms with E-state index in [9.17, 15) is 24.8 Å². The Morgan fingerprint density at radius 1 is 0.952 bits per heavy atom. The molecule has 2 atom stereocenters. The Kier molecular flexibility index (Phi) is 3.01. The van der Waals surface area contributed by atoms with Crippen molar-refractivity contribution in [2.24, 2.45) is 0 Å². The van der Waals surface area contributed by atoms with Crippen LogP contribution in [-0.4, -0.2) is 26.6 Å². The van der Waals surface area contributed by atoms with Gasteiger partial charge in [-0.3, -0.25) is 0 Å². The van der Waals surface area contributed by atoms with Crippen molar-refractivity contribution in [3.8, 4) is 28.7 Å². The minimum absolute atomic E-state index is 0.0756. The summed E-state index contributed by atoms with van der Waals surface area (Å²) >= 11 is 0. The standard InChI is InChI=1S/C15H13FO5/c16-10-6-9-12(19)4-8(17)5-14(9)21-15(10)7-1-2-11(18)13(20)3-7/h1-5,10,15,17-20H,6H2/t10-,15-/m1/s1. The Labute approximate surface area is 119 Å². The molecule has 110 valence electrons. The molecular weight excluding hydrogens is 279 g/mol. The molecule has 0 saturated heterocycles. The van der Waals surface area contributed by atoms with Crippen LogP contribution >= 0.6 is 0 Å². The zero-order valence-electron chi connectivity index (χ0n) is 10.8. The molecule has 0 bridgehead atoms. The fraction of sp³-hybridized carbons (Fsp3) is 0.200. The highest BCUT2D eigenvalue weighted by atomic mass is 19.1. The number of ether oxygens (including phenoxy) is 1. The fourth-order valence-electron chi connectivity index (χ4n) is 2.43. The Hall–Kier alpha value is -2.63. The van der Waals surface area contributed by atoms with Gasteiger partial charge in [-0.1, -0.05) is 6.07 Å². The molecule has 2 aromatic rings. The van der Waals surface area contributed by atoms with E-state index in [1.165, 1.54) is 24.3 Å². The van der Waals surface area contributed by atoms with Crippen LogP contribution in [0.5, 0.6) is 28.7 Å². The molecule has 0 fully saturated rings. The molecule has 6 heteroatoms. The molecule has 0 radical (unpaired) electrons. The van der Waals surface area contributed by atoms with Crippen LogP contribution in [-0.2, 0) is 6.42 Å². The third-order valence-electron chi connectivity index (χ3n) is 3.48. The number of aromatic hydroxyl groups is 4. The maximum absolute atomic E-state index is 14.3. The highest BCUT2D eigenvalue weighted by molar-refractivity contribution is 5.52. The van der Waals surface area contributed by atoms with Crippen LogP contribution in [0.2, 0.25) is 0 Å². The molecule has 0 aliphatic carbocycles. The third-order valence-corrected chi connectivity index (χ3v) is 3.48. The number of phenolic OH excluding ortho intramolecular Hbond substituents is 4. The first-order valence-electron chi connectivity index (χ1n) is 6.33. The number of halogens is 1. The molecule has 0 amide bonds. The van der Waals surface area contributed by atoms with Crippen molar-refractivity contribution in [3.63, 3.8) is 0 Å². The average molecular weight is 292 g/mol. The number of phenols is 4. The number of hydrogen-bond acceptors (Lipinski definition) is 5. The van der Waals surface area contributed by atoms with Crippen molar-refractivity contribution < 1.29 is 29.6 Å². The summed E-state index contributed by atoms with van der Waals surface area (Å²) in [6.45, 7) is 0. The summed E-state index contributed by atoms with van der Waals surface area (Å²) in [5.41, 5.74) is 0.644. The highest BCUT2D eigenvalue weighted by Crippen LogP contribution is 2.43. The number of hydrogen-bond donors (Lipinski definition) is 4. The molecule has 21 heavy (non-hydrogen) atoms. The van der Waals surface area contributed by atoms with Crippen LogP contribution in [0.1, 0.15) is 17.2 Å². The summed E-state index contributed by atoms with van der Waals surface area (Å²) in [5.74, 6) is -0.886. The van der Waals surface area contributed by atoms with Gasteiger partial charge >= 0.3 is 0 Å². The van der Waals surface area contributed by atoms with E-state index in [1.54, 1.807) is 0 Å². The van der Waals surface area contributed by atoms with Gasteiger partial charge in [-0.25, -0.2) is 4.39 Å². The summed E-state index contributed by atoms with van der Waals surface area (Å²) in [7, 11) is 0. The zero-order valence-corrected chi connectivity index (χ0v) is 10.8. The van der Waals surface area contributed by atoms with Crippen LogP contribution in [0, 0.1) is 0 Å². The summed E-state index contributed by atoms with van der Waals surface area (Å²) in [4.78, 5) is 0. The smallest absolute Gasteiger partial charge is 0.157 e. The second kappa shape index (κ2) is 4.73. The Balaban J connectivity index is 2.00. The SMILES string of the molecule is Oc1cc(O)c2c(c1)O[C@H](c1ccc(O)c(O)c1)[C@H](F)C2. The maximum atomic E-state index is 14.3. The molecule has 3 rings (SSSR count). The molecule has 4 N–H and O–H groups in total. The summed E-state index contributed by atoms with van der Waals surface area (Å²) in [6, 6.07) is 6.34. The van der Waals surface area contributed by atoms with Crippen LogP contribution in [0.4, 0.5) is 4.39 Å². The van der Waals surface area contributed by atoms with Gasteiger partial charge in [-0.2, -0.15) is 0 Å². The molecule has 0 unspecified atom stereocenters. The van der Waals surface area contributed by atoms with Crippen LogP contribution in [0.3, 0.4) is 0 Å². The second-order valence-electron chi connectivity index (χ2n) is 4.95. The van der Waals surface area contributed by atoms with Gasteiger partial charge in [-0.05, 0) is 17.7 Å². The van der Waals surface area contributed by atoms with Gasteiger partial charge in [0, 0.05) is 24.1 Å². The Morgan fingerprint density at radius 3 is 2.43 bits per heavy atom. The zero-order chi connectivity index (χ0) is 15.1. The van der Waals surface area contributed by atoms with Crippen LogP contribution in [0.25, 0.3) is 0 Å². The van der Waals surface area contributed by atoms with Crippen LogP contribution < -0.4 is 4.74 Å². The summed E-state index contributed by atoms with van der Waals surface area (Å²) in [6.07, 6.45) is -2.50. The normalized spacial score (nSPS) is 20.6. The lowest BCUT2D eigenvalue weighted by Crippen LogP contribution is -2.27. The monoisotopic (exact) mass is 292 g/mol. The van der Waals surface area contributed by atoms with Gasteiger partial charge in [0.15, 0.2) is 17.6 Å². The van der Waals surface area contributed by atoms with Gasteiger partial charge < -0.3 is 25.2 Å². The van der Waals surface area contributed by atoms with Gasteiger partial charge in [0.2, 0.25) is 0 Å². The second-order valence-corrected chi connectivity index (χ2v) is 4.95. The quantitative estimate of drug-likeness (QED) is 0.606. The van der Waals surface area contributed by atoms with Crippen LogP contribution in [0.15, 0.2) is 30.3 Å². The van der Waals surface area contributed by atoms with Crippen molar-refractivity contribution in [2.75, 3.05) is 0 Å². The topological polar surface area (TPSA) is 90.2 Å². The van der Waals surface area contributed by atoms with Gasteiger partial charge in [0.1, 0.15) is 23.4 Å². The van der Waals surface area contributed by atoms with E-state index in [0.717, 1.165) is 6.07 Å². The molecule has 0 saturated carbocycles. The van der Waals surface area contributed by atoms with E-state index in [4.69, 9.17) is 4.74 Å². The van der Waals surface area contributed by atoms with Gasteiger partial charge in [0.05, 0.1) is 0 Å². The number of fused-ring (bicyclic) bond motifs is 1. The van der Waals surface area contributed by atoms with Crippen molar-refractivity contribution >= 4 is 0 Å².